The van der Waals surface area contributed by atoms with E-state index in [9.17, 15) is 18.0 Å². The van der Waals surface area contributed by atoms with E-state index in [0.717, 1.165) is 0 Å². The number of rotatable bonds is 2. The first-order valence-electron chi connectivity index (χ1n) is 4.64. The normalized spacial score (nSPS) is 12.0. The second-order valence-electron chi connectivity index (χ2n) is 3.51. The molecule has 0 N–H and O–H groups in total. The number of ketones is 1. The molecule has 2 aromatic rings. The quantitative estimate of drug-likeness (QED) is 0.759. The van der Waals surface area contributed by atoms with Gasteiger partial charge in [-0.05, 0) is 24.3 Å². The molecule has 0 amide bonds. The summed E-state index contributed by atoms with van der Waals surface area (Å²) >= 11 is 5.71. The zero-order valence-corrected chi connectivity index (χ0v) is 9.10. The van der Waals surface area contributed by atoms with Crippen LogP contribution in [0.1, 0.15) is 17.0 Å². The third-order valence-corrected chi connectivity index (χ3v) is 2.35. The maximum atomic E-state index is 12.0. The molecule has 17 heavy (non-hydrogen) atoms. The summed E-state index contributed by atoms with van der Waals surface area (Å²) in [4.78, 5) is 11.3. The summed E-state index contributed by atoms with van der Waals surface area (Å²) in [5.74, 6) is -1.40. The van der Waals surface area contributed by atoms with Crippen LogP contribution in [0.2, 0.25) is 5.02 Å². The average Bonchev–Trinajstić information content (AvgIpc) is 2.57. The van der Waals surface area contributed by atoms with Gasteiger partial charge in [-0.3, -0.25) is 4.79 Å². The molecule has 1 aromatic heterocycles. The Hall–Kier alpha value is -1.49. The van der Waals surface area contributed by atoms with Gasteiger partial charge in [0.15, 0.2) is 5.76 Å². The fourth-order valence-electron chi connectivity index (χ4n) is 1.42. The van der Waals surface area contributed by atoms with E-state index in [1.54, 1.807) is 0 Å². The summed E-state index contributed by atoms with van der Waals surface area (Å²) in [5.41, 5.74) is 0.333. The lowest BCUT2D eigenvalue weighted by molar-refractivity contribution is -0.125. The molecule has 0 fully saturated rings. The number of hydrogen-bond donors (Lipinski definition) is 0. The molecular formula is C11H6ClF3O2. The van der Waals surface area contributed by atoms with Crippen LogP contribution in [0.15, 0.2) is 28.7 Å². The van der Waals surface area contributed by atoms with Crippen LogP contribution in [0.3, 0.4) is 0 Å². The number of fused-ring (bicyclic) bond motifs is 1. The SMILES string of the molecule is O=C(CC(F)(F)F)c1cc2cc(Cl)ccc2o1. The Balaban J connectivity index is 2.33. The van der Waals surface area contributed by atoms with E-state index in [1.165, 1.54) is 24.3 Å². The van der Waals surface area contributed by atoms with Gasteiger partial charge in [0.25, 0.3) is 0 Å². The summed E-state index contributed by atoms with van der Waals surface area (Å²) < 4.78 is 41.1. The number of Topliss-reactive ketones (excluding diaryl/α,β-unsaturated/α-hetero) is 1. The van der Waals surface area contributed by atoms with Crippen LogP contribution >= 0.6 is 11.6 Å². The van der Waals surface area contributed by atoms with Gasteiger partial charge in [0.05, 0.1) is 0 Å². The molecule has 2 rings (SSSR count). The summed E-state index contributed by atoms with van der Waals surface area (Å²) in [6, 6.07) is 5.81. The summed E-state index contributed by atoms with van der Waals surface area (Å²) in [6.45, 7) is 0. The molecule has 0 radical (unpaired) electrons. The third kappa shape index (κ3) is 2.79. The van der Waals surface area contributed by atoms with Crippen molar-refractivity contribution in [3.05, 3.63) is 35.0 Å². The number of alkyl halides is 3. The second kappa shape index (κ2) is 4.07. The van der Waals surface area contributed by atoms with Gasteiger partial charge >= 0.3 is 6.18 Å². The minimum absolute atomic E-state index is 0.306. The predicted octanol–water partition coefficient (Wildman–Crippen LogP) is 4.22. The Morgan fingerprint density at radius 2 is 2.00 bits per heavy atom. The molecule has 0 saturated carbocycles. The molecule has 6 heteroatoms. The topological polar surface area (TPSA) is 30.2 Å². The zero-order valence-electron chi connectivity index (χ0n) is 8.34. The highest BCUT2D eigenvalue weighted by Crippen LogP contribution is 2.27. The fourth-order valence-corrected chi connectivity index (χ4v) is 1.60. The van der Waals surface area contributed by atoms with Crippen LogP contribution in [-0.4, -0.2) is 12.0 Å². The number of carbonyl (C=O) groups is 1. The Bertz CT molecular complexity index is 572. The summed E-state index contributed by atoms with van der Waals surface area (Å²) in [7, 11) is 0. The van der Waals surface area contributed by atoms with Gasteiger partial charge in [0, 0.05) is 10.4 Å². The van der Waals surface area contributed by atoms with E-state index in [2.05, 4.69) is 0 Å². The molecule has 0 saturated heterocycles. The molecule has 0 spiro atoms. The number of hydrogen-bond acceptors (Lipinski definition) is 2. The van der Waals surface area contributed by atoms with Gasteiger partial charge in [-0.1, -0.05) is 11.6 Å². The molecule has 0 atom stereocenters. The molecule has 2 nitrogen and oxygen atoms in total. The molecule has 0 unspecified atom stereocenters. The zero-order chi connectivity index (χ0) is 12.6. The van der Waals surface area contributed by atoms with Gasteiger partial charge < -0.3 is 4.42 Å². The lowest BCUT2D eigenvalue weighted by Gasteiger charge is -2.02. The van der Waals surface area contributed by atoms with Crippen molar-refractivity contribution in [2.24, 2.45) is 0 Å². The molecule has 1 heterocycles. The Morgan fingerprint density at radius 3 is 2.65 bits per heavy atom. The minimum atomic E-state index is -4.53. The monoisotopic (exact) mass is 262 g/mol. The molecule has 1 aromatic carbocycles. The Kier molecular flexibility index (Phi) is 2.87. The van der Waals surface area contributed by atoms with Crippen molar-refractivity contribution in [2.75, 3.05) is 0 Å². The van der Waals surface area contributed by atoms with E-state index in [1.807, 2.05) is 0 Å². The number of benzene rings is 1. The van der Waals surface area contributed by atoms with Crippen LogP contribution in [0.5, 0.6) is 0 Å². The molecule has 90 valence electrons. The fraction of sp³-hybridized carbons (Fsp3) is 0.182. The van der Waals surface area contributed by atoms with E-state index < -0.39 is 18.4 Å². The first-order chi connectivity index (χ1) is 7.85. The van der Waals surface area contributed by atoms with Crippen LogP contribution in [0, 0.1) is 0 Å². The molecule has 0 aliphatic carbocycles. The smallest absolute Gasteiger partial charge is 0.396 e. The molecule has 0 aliphatic heterocycles. The second-order valence-corrected chi connectivity index (χ2v) is 3.94. The van der Waals surface area contributed by atoms with Gasteiger partial charge in [0.2, 0.25) is 5.78 Å². The van der Waals surface area contributed by atoms with Gasteiger partial charge in [-0.15, -0.1) is 0 Å². The molecule has 0 bridgehead atoms. The molecule has 0 aliphatic rings. The van der Waals surface area contributed by atoms with Gasteiger partial charge in [-0.2, -0.15) is 13.2 Å². The first kappa shape index (κ1) is 12.0. The number of furan rings is 1. The lowest BCUT2D eigenvalue weighted by atomic mass is 10.2. The number of halogens is 4. The van der Waals surface area contributed by atoms with Crippen molar-refractivity contribution in [1.82, 2.24) is 0 Å². The van der Waals surface area contributed by atoms with Gasteiger partial charge in [0.1, 0.15) is 12.0 Å². The third-order valence-electron chi connectivity index (χ3n) is 2.11. The predicted molar refractivity (Wildman–Crippen MR) is 56.2 cm³/mol. The largest absolute Gasteiger partial charge is 0.453 e. The van der Waals surface area contributed by atoms with E-state index >= 15 is 0 Å². The maximum absolute atomic E-state index is 12.0. The van der Waals surface area contributed by atoms with Crippen LogP contribution < -0.4 is 0 Å². The van der Waals surface area contributed by atoms with Crippen LogP contribution in [0.25, 0.3) is 11.0 Å². The average molecular weight is 263 g/mol. The summed E-state index contributed by atoms with van der Waals surface area (Å²) in [6.07, 6.45) is -6.06. The Morgan fingerprint density at radius 1 is 1.29 bits per heavy atom. The van der Waals surface area contributed by atoms with Crippen LogP contribution in [-0.2, 0) is 0 Å². The minimum Gasteiger partial charge on any atom is -0.453 e. The van der Waals surface area contributed by atoms with E-state index in [-0.39, 0.29) is 5.76 Å². The van der Waals surface area contributed by atoms with Crippen molar-refractivity contribution >= 4 is 28.4 Å². The van der Waals surface area contributed by atoms with E-state index in [4.69, 9.17) is 16.0 Å². The maximum Gasteiger partial charge on any atom is 0.396 e. The van der Waals surface area contributed by atoms with Crippen molar-refractivity contribution in [3.8, 4) is 0 Å². The van der Waals surface area contributed by atoms with E-state index in [0.29, 0.717) is 16.0 Å². The highest BCUT2D eigenvalue weighted by atomic mass is 35.5. The first-order valence-corrected chi connectivity index (χ1v) is 5.02. The summed E-state index contributed by atoms with van der Waals surface area (Å²) in [5, 5.41) is 0.927. The highest BCUT2D eigenvalue weighted by molar-refractivity contribution is 6.31. The number of carbonyl (C=O) groups excluding carboxylic acids is 1. The molecular weight excluding hydrogens is 257 g/mol. The lowest BCUT2D eigenvalue weighted by Crippen LogP contribution is -2.14. The Labute approximate surface area is 99.0 Å². The van der Waals surface area contributed by atoms with Crippen molar-refractivity contribution in [3.63, 3.8) is 0 Å². The van der Waals surface area contributed by atoms with Crippen molar-refractivity contribution in [1.29, 1.82) is 0 Å². The standard InChI is InChI=1S/C11H6ClF3O2/c12-7-1-2-9-6(3-7)4-10(17-9)8(16)5-11(13,14)15/h1-4H,5H2. The van der Waals surface area contributed by atoms with Gasteiger partial charge in [-0.25, -0.2) is 0 Å². The van der Waals surface area contributed by atoms with Crippen LogP contribution in [0.4, 0.5) is 13.2 Å². The van der Waals surface area contributed by atoms with Crippen molar-refractivity contribution in [2.45, 2.75) is 12.6 Å². The van der Waals surface area contributed by atoms with Crippen molar-refractivity contribution < 1.29 is 22.4 Å². The highest BCUT2D eigenvalue weighted by Gasteiger charge is 2.32.